The molecule has 0 fully saturated rings. The van der Waals surface area contributed by atoms with Crippen LogP contribution in [-0.4, -0.2) is 5.78 Å². The zero-order chi connectivity index (χ0) is 13.0. The first kappa shape index (κ1) is 12.3. The van der Waals surface area contributed by atoms with Crippen LogP contribution in [-0.2, 0) is 0 Å². The topological polar surface area (TPSA) is 17.1 Å². The Labute approximate surface area is 108 Å². The SMILES string of the molecule is Cc1ccc(C(=O)/C=C/c2ccccc2)cc1C. The van der Waals surface area contributed by atoms with E-state index in [4.69, 9.17) is 0 Å². The third-order valence-corrected chi connectivity index (χ3v) is 3.02. The van der Waals surface area contributed by atoms with E-state index in [0.29, 0.717) is 0 Å². The van der Waals surface area contributed by atoms with Gasteiger partial charge in [-0.25, -0.2) is 0 Å². The Balaban J connectivity index is 2.17. The highest BCUT2D eigenvalue weighted by molar-refractivity contribution is 6.06. The molecule has 0 aliphatic rings. The minimum Gasteiger partial charge on any atom is -0.289 e. The molecule has 2 aromatic carbocycles. The predicted molar refractivity (Wildman–Crippen MR) is 75.7 cm³/mol. The van der Waals surface area contributed by atoms with Crippen LogP contribution in [0.1, 0.15) is 27.0 Å². The minimum atomic E-state index is 0.0435. The molecule has 90 valence electrons. The van der Waals surface area contributed by atoms with Crippen LogP contribution < -0.4 is 0 Å². The van der Waals surface area contributed by atoms with E-state index in [1.807, 2.05) is 68.5 Å². The first-order valence-corrected chi connectivity index (χ1v) is 6.01. The monoisotopic (exact) mass is 236 g/mol. The molecule has 0 aromatic heterocycles. The molecule has 0 bridgehead atoms. The predicted octanol–water partition coefficient (Wildman–Crippen LogP) is 4.20. The van der Waals surface area contributed by atoms with Gasteiger partial charge < -0.3 is 0 Å². The van der Waals surface area contributed by atoms with Gasteiger partial charge >= 0.3 is 0 Å². The number of aryl methyl sites for hydroxylation is 2. The van der Waals surface area contributed by atoms with E-state index in [2.05, 4.69) is 0 Å². The van der Waals surface area contributed by atoms with Gasteiger partial charge in [0.15, 0.2) is 5.78 Å². The summed E-state index contributed by atoms with van der Waals surface area (Å²) >= 11 is 0. The van der Waals surface area contributed by atoms with Gasteiger partial charge in [-0.05, 0) is 42.7 Å². The van der Waals surface area contributed by atoms with E-state index >= 15 is 0 Å². The highest BCUT2D eigenvalue weighted by Crippen LogP contribution is 2.11. The van der Waals surface area contributed by atoms with Crippen LogP contribution in [0, 0.1) is 13.8 Å². The second kappa shape index (κ2) is 5.46. The van der Waals surface area contributed by atoms with Crippen molar-refractivity contribution in [2.45, 2.75) is 13.8 Å². The fourth-order valence-electron chi connectivity index (χ4n) is 1.73. The van der Waals surface area contributed by atoms with Crippen molar-refractivity contribution in [2.75, 3.05) is 0 Å². The molecule has 2 rings (SSSR count). The molecule has 1 heteroatoms. The Morgan fingerprint density at radius 3 is 2.33 bits per heavy atom. The van der Waals surface area contributed by atoms with Crippen LogP contribution in [0.4, 0.5) is 0 Å². The van der Waals surface area contributed by atoms with E-state index in [-0.39, 0.29) is 5.78 Å². The molecule has 0 amide bonds. The second-order valence-electron chi connectivity index (χ2n) is 4.41. The summed E-state index contributed by atoms with van der Waals surface area (Å²) in [6.45, 7) is 4.07. The van der Waals surface area contributed by atoms with Gasteiger partial charge in [-0.2, -0.15) is 0 Å². The van der Waals surface area contributed by atoms with Gasteiger partial charge in [-0.3, -0.25) is 4.79 Å². The van der Waals surface area contributed by atoms with Crippen molar-refractivity contribution in [1.29, 1.82) is 0 Å². The highest BCUT2D eigenvalue weighted by Gasteiger charge is 2.02. The van der Waals surface area contributed by atoms with Gasteiger partial charge in [0.1, 0.15) is 0 Å². The zero-order valence-electron chi connectivity index (χ0n) is 10.7. The summed E-state index contributed by atoms with van der Waals surface area (Å²) in [5, 5.41) is 0. The molecule has 0 N–H and O–H groups in total. The molecular weight excluding hydrogens is 220 g/mol. The molecule has 1 nitrogen and oxygen atoms in total. The van der Waals surface area contributed by atoms with Crippen LogP contribution in [0.5, 0.6) is 0 Å². The van der Waals surface area contributed by atoms with Crippen LogP contribution >= 0.6 is 0 Å². The fourth-order valence-corrected chi connectivity index (χ4v) is 1.73. The van der Waals surface area contributed by atoms with Crippen LogP contribution in [0.15, 0.2) is 54.6 Å². The van der Waals surface area contributed by atoms with E-state index in [1.54, 1.807) is 6.08 Å². The van der Waals surface area contributed by atoms with Gasteiger partial charge in [-0.15, -0.1) is 0 Å². The molecule has 0 unspecified atom stereocenters. The maximum Gasteiger partial charge on any atom is 0.185 e. The number of benzene rings is 2. The van der Waals surface area contributed by atoms with Gasteiger partial charge in [-0.1, -0.05) is 48.5 Å². The number of hydrogen-bond donors (Lipinski definition) is 0. The van der Waals surface area contributed by atoms with Crippen molar-refractivity contribution >= 4 is 11.9 Å². The van der Waals surface area contributed by atoms with E-state index in [1.165, 1.54) is 5.56 Å². The lowest BCUT2D eigenvalue weighted by molar-refractivity contribution is 0.104. The van der Waals surface area contributed by atoms with Crippen LogP contribution in [0.3, 0.4) is 0 Å². The van der Waals surface area contributed by atoms with Crippen molar-refractivity contribution < 1.29 is 4.79 Å². The molecule has 0 saturated heterocycles. The summed E-state index contributed by atoms with van der Waals surface area (Å²) in [5.41, 5.74) is 4.13. The number of hydrogen-bond acceptors (Lipinski definition) is 1. The normalized spacial score (nSPS) is 10.8. The number of ketones is 1. The van der Waals surface area contributed by atoms with E-state index in [0.717, 1.165) is 16.7 Å². The first-order chi connectivity index (χ1) is 8.66. The maximum atomic E-state index is 12.0. The summed E-state index contributed by atoms with van der Waals surface area (Å²) in [6.07, 6.45) is 3.47. The molecule has 0 saturated carbocycles. The quantitative estimate of drug-likeness (QED) is 0.576. The smallest absolute Gasteiger partial charge is 0.185 e. The van der Waals surface area contributed by atoms with Crippen LogP contribution in [0.25, 0.3) is 6.08 Å². The Bertz CT molecular complexity index is 580. The number of rotatable bonds is 3. The molecule has 0 heterocycles. The summed E-state index contributed by atoms with van der Waals surface area (Å²) in [7, 11) is 0. The fraction of sp³-hybridized carbons (Fsp3) is 0.118. The molecule has 2 aromatic rings. The molecular formula is C17H16O. The standard InChI is InChI=1S/C17H16O/c1-13-8-10-16(12-14(13)2)17(18)11-9-15-6-4-3-5-7-15/h3-12H,1-2H3/b11-9+. The average Bonchev–Trinajstić information content (AvgIpc) is 2.40. The van der Waals surface area contributed by atoms with Crippen molar-refractivity contribution in [3.63, 3.8) is 0 Å². The van der Waals surface area contributed by atoms with Gasteiger partial charge in [0.2, 0.25) is 0 Å². The van der Waals surface area contributed by atoms with Crippen molar-refractivity contribution in [1.82, 2.24) is 0 Å². The largest absolute Gasteiger partial charge is 0.289 e. The second-order valence-corrected chi connectivity index (χ2v) is 4.41. The maximum absolute atomic E-state index is 12.0. The highest BCUT2D eigenvalue weighted by atomic mass is 16.1. The van der Waals surface area contributed by atoms with Gasteiger partial charge in [0, 0.05) is 5.56 Å². The average molecular weight is 236 g/mol. The summed E-state index contributed by atoms with van der Waals surface area (Å²) in [5.74, 6) is 0.0435. The zero-order valence-corrected chi connectivity index (χ0v) is 10.7. The first-order valence-electron chi connectivity index (χ1n) is 6.01. The Hall–Kier alpha value is -2.15. The van der Waals surface area contributed by atoms with E-state index < -0.39 is 0 Å². The van der Waals surface area contributed by atoms with Gasteiger partial charge in [0.05, 0.1) is 0 Å². The lowest BCUT2D eigenvalue weighted by Gasteiger charge is -2.01. The van der Waals surface area contributed by atoms with E-state index in [9.17, 15) is 4.79 Å². The summed E-state index contributed by atoms with van der Waals surface area (Å²) < 4.78 is 0. The number of allylic oxidation sites excluding steroid dienone is 1. The van der Waals surface area contributed by atoms with Gasteiger partial charge in [0.25, 0.3) is 0 Å². The summed E-state index contributed by atoms with van der Waals surface area (Å²) in [6, 6.07) is 15.6. The number of carbonyl (C=O) groups excluding carboxylic acids is 1. The third kappa shape index (κ3) is 2.95. The molecule has 0 spiro atoms. The Morgan fingerprint density at radius 1 is 0.944 bits per heavy atom. The van der Waals surface area contributed by atoms with Crippen molar-refractivity contribution in [3.05, 3.63) is 76.9 Å². The molecule has 0 aliphatic heterocycles. The molecule has 0 aliphatic carbocycles. The summed E-state index contributed by atoms with van der Waals surface area (Å²) in [4.78, 5) is 12.0. The van der Waals surface area contributed by atoms with Crippen molar-refractivity contribution in [3.8, 4) is 0 Å². The lowest BCUT2D eigenvalue weighted by Crippen LogP contribution is -1.95. The minimum absolute atomic E-state index is 0.0435. The molecule has 18 heavy (non-hydrogen) atoms. The third-order valence-electron chi connectivity index (χ3n) is 3.02. The number of carbonyl (C=O) groups is 1. The van der Waals surface area contributed by atoms with Crippen molar-refractivity contribution in [2.24, 2.45) is 0 Å². The molecule has 0 atom stereocenters. The van der Waals surface area contributed by atoms with Crippen LogP contribution in [0.2, 0.25) is 0 Å². The Kier molecular flexibility index (Phi) is 3.73. The Morgan fingerprint density at radius 2 is 1.67 bits per heavy atom. The molecule has 0 radical (unpaired) electrons. The lowest BCUT2D eigenvalue weighted by atomic mass is 10.0.